The van der Waals surface area contributed by atoms with Gasteiger partial charge in [0.15, 0.2) is 0 Å². The van der Waals surface area contributed by atoms with Gasteiger partial charge in [-0.2, -0.15) is 0 Å². The fourth-order valence-electron chi connectivity index (χ4n) is 5.45. The van der Waals surface area contributed by atoms with Gasteiger partial charge in [0.2, 0.25) is 11.8 Å². The average Bonchev–Trinajstić information content (AvgIpc) is 2.99. The highest BCUT2D eigenvalue weighted by Crippen LogP contribution is 2.13. The van der Waals surface area contributed by atoms with Crippen molar-refractivity contribution in [2.75, 3.05) is 13.2 Å². The van der Waals surface area contributed by atoms with E-state index in [-0.39, 0.29) is 25.0 Å². The van der Waals surface area contributed by atoms with Crippen molar-refractivity contribution >= 4 is 11.8 Å². The second-order valence-electron chi connectivity index (χ2n) is 12.3. The van der Waals surface area contributed by atoms with Crippen LogP contribution in [0.25, 0.3) is 0 Å². The standard InChI is InChI=1S/C38H71NO3/c1-3-5-7-9-11-13-15-17-19-21-23-25-27-29-31-33-37(41)39(35-36-40)38(42)34-32-30-28-26-24-22-20-18-16-14-12-10-8-6-4-2/h17-20,40H,3-16,21-36H2,1-2H3/b19-17-,20-18-. The van der Waals surface area contributed by atoms with Gasteiger partial charge in [-0.25, -0.2) is 0 Å². The molecule has 0 fully saturated rings. The Kier molecular flexibility index (Phi) is 32.9. The first-order valence-corrected chi connectivity index (χ1v) is 18.4. The Labute approximate surface area is 262 Å². The lowest BCUT2D eigenvalue weighted by molar-refractivity contribution is -0.145. The zero-order valence-electron chi connectivity index (χ0n) is 28.2. The topological polar surface area (TPSA) is 57.6 Å². The van der Waals surface area contributed by atoms with E-state index in [9.17, 15) is 14.7 Å². The number of unbranched alkanes of at least 4 members (excludes halogenated alkanes) is 22. The molecule has 0 bridgehead atoms. The Balaban J connectivity index is 3.74. The molecule has 0 aliphatic carbocycles. The molecule has 246 valence electrons. The first-order valence-electron chi connectivity index (χ1n) is 18.4. The molecule has 0 aromatic rings. The van der Waals surface area contributed by atoms with Gasteiger partial charge in [-0.1, -0.05) is 141 Å². The fraction of sp³-hybridized carbons (Fsp3) is 0.842. The lowest BCUT2D eigenvalue weighted by Gasteiger charge is -2.20. The summed E-state index contributed by atoms with van der Waals surface area (Å²) in [5, 5.41) is 9.38. The van der Waals surface area contributed by atoms with E-state index in [4.69, 9.17) is 0 Å². The molecule has 0 aliphatic heterocycles. The number of aliphatic hydroxyl groups excluding tert-OH is 1. The zero-order chi connectivity index (χ0) is 30.8. The fourth-order valence-corrected chi connectivity index (χ4v) is 5.45. The molecule has 4 nitrogen and oxygen atoms in total. The molecular weight excluding hydrogens is 518 g/mol. The maximum atomic E-state index is 12.6. The average molecular weight is 590 g/mol. The number of imide groups is 1. The van der Waals surface area contributed by atoms with Gasteiger partial charge in [0.1, 0.15) is 0 Å². The van der Waals surface area contributed by atoms with Crippen LogP contribution in [0.1, 0.15) is 194 Å². The van der Waals surface area contributed by atoms with Crippen molar-refractivity contribution in [3.63, 3.8) is 0 Å². The second kappa shape index (κ2) is 34.1. The number of amides is 2. The van der Waals surface area contributed by atoms with Crippen LogP contribution < -0.4 is 0 Å². The predicted octanol–water partition coefficient (Wildman–Crippen LogP) is 11.4. The molecule has 0 heterocycles. The Morgan fingerprint density at radius 3 is 1.05 bits per heavy atom. The number of carbonyl (C=O) groups is 2. The summed E-state index contributed by atoms with van der Waals surface area (Å²) < 4.78 is 0. The van der Waals surface area contributed by atoms with Crippen LogP contribution in [0, 0.1) is 0 Å². The van der Waals surface area contributed by atoms with Crippen LogP contribution in [0.2, 0.25) is 0 Å². The molecule has 0 aliphatic rings. The summed E-state index contributed by atoms with van der Waals surface area (Å²) in [6, 6.07) is 0. The van der Waals surface area contributed by atoms with Crippen LogP contribution in [0.4, 0.5) is 0 Å². The lowest BCUT2D eigenvalue weighted by Crippen LogP contribution is -2.38. The van der Waals surface area contributed by atoms with Gasteiger partial charge in [0.05, 0.1) is 13.2 Å². The molecule has 42 heavy (non-hydrogen) atoms. The van der Waals surface area contributed by atoms with Crippen molar-refractivity contribution in [3.8, 4) is 0 Å². The molecule has 0 spiro atoms. The highest BCUT2D eigenvalue weighted by Gasteiger charge is 2.19. The summed E-state index contributed by atoms with van der Waals surface area (Å²) in [6.07, 6.45) is 42.1. The van der Waals surface area contributed by atoms with E-state index in [1.807, 2.05) is 0 Å². The molecule has 0 radical (unpaired) electrons. The first-order chi connectivity index (χ1) is 20.7. The minimum Gasteiger partial charge on any atom is -0.395 e. The quantitative estimate of drug-likeness (QED) is 0.0627. The number of aliphatic hydroxyl groups is 1. The molecule has 0 saturated carbocycles. The number of hydrogen-bond donors (Lipinski definition) is 1. The van der Waals surface area contributed by atoms with E-state index < -0.39 is 0 Å². The summed E-state index contributed by atoms with van der Waals surface area (Å²) in [4.78, 5) is 26.6. The number of rotatable bonds is 32. The van der Waals surface area contributed by atoms with Gasteiger partial charge >= 0.3 is 0 Å². The van der Waals surface area contributed by atoms with Gasteiger partial charge in [-0.15, -0.1) is 0 Å². The molecule has 4 heteroatoms. The van der Waals surface area contributed by atoms with Crippen molar-refractivity contribution in [2.45, 2.75) is 194 Å². The third kappa shape index (κ3) is 28.7. The third-order valence-electron chi connectivity index (χ3n) is 8.23. The minimum atomic E-state index is -0.157. The van der Waals surface area contributed by atoms with Crippen molar-refractivity contribution in [1.82, 2.24) is 4.90 Å². The minimum absolute atomic E-state index is 0.112. The molecule has 0 aromatic heterocycles. The second-order valence-corrected chi connectivity index (χ2v) is 12.3. The maximum Gasteiger partial charge on any atom is 0.229 e. The predicted molar refractivity (Wildman–Crippen MR) is 183 cm³/mol. The van der Waals surface area contributed by atoms with Crippen molar-refractivity contribution < 1.29 is 14.7 Å². The number of hydrogen-bond acceptors (Lipinski definition) is 3. The van der Waals surface area contributed by atoms with Crippen LogP contribution in [-0.4, -0.2) is 35.0 Å². The Bertz CT molecular complexity index is 590. The number of nitrogens with zero attached hydrogens (tertiary/aromatic N) is 1. The third-order valence-corrected chi connectivity index (χ3v) is 8.23. The molecule has 1 N–H and O–H groups in total. The van der Waals surface area contributed by atoms with Gasteiger partial charge in [-0.3, -0.25) is 14.5 Å². The normalized spacial score (nSPS) is 11.7. The van der Waals surface area contributed by atoms with Crippen molar-refractivity contribution in [1.29, 1.82) is 0 Å². The lowest BCUT2D eigenvalue weighted by atomic mass is 10.1. The Morgan fingerprint density at radius 2 is 0.738 bits per heavy atom. The molecule has 0 unspecified atom stereocenters. The molecule has 0 rings (SSSR count). The van der Waals surface area contributed by atoms with Crippen LogP contribution in [0.15, 0.2) is 24.3 Å². The van der Waals surface area contributed by atoms with E-state index >= 15 is 0 Å². The highest BCUT2D eigenvalue weighted by atomic mass is 16.3. The Morgan fingerprint density at radius 1 is 0.452 bits per heavy atom. The molecular formula is C38H71NO3. The monoisotopic (exact) mass is 590 g/mol. The van der Waals surface area contributed by atoms with Crippen LogP contribution in [0.5, 0.6) is 0 Å². The SMILES string of the molecule is CCCCCCCC/C=C\CCCCCCCC(=O)N(CCO)C(=O)CCCCCCC/C=C\CCCCCCCC. The summed E-state index contributed by atoms with van der Waals surface area (Å²) in [5.41, 5.74) is 0. The van der Waals surface area contributed by atoms with E-state index in [0.29, 0.717) is 12.8 Å². The first kappa shape index (κ1) is 40.6. The number of allylic oxidation sites excluding steroid dienone is 4. The number of carbonyl (C=O) groups excluding carboxylic acids is 2. The van der Waals surface area contributed by atoms with Crippen molar-refractivity contribution in [2.24, 2.45) is 0 Å². The van der Waals surface area contributed by atoms with Gasteiger partial charge in [0, 0.05) is 12.8 Å². The Hall–Kier alpha value is -1.42. The zero-order valence-corrected chi connectivity index (χ0v) is 28.2. The summed E-state index contributed by atoms with van der Waals surface area (Å²) >= 11 is 0. The van der Waals surface area contributed by atoms with E-state index in [1.165, 1.54) is 120 Å². The van der Waals surface area contributed by atoms with Gasteiger partial charge in [-0.05, 0) is 64.2 Å². The molecule has 0 saturated heterocycles. The van der Waals surface area contributed by atoms with Crippen LogP contribution in [0.3, 0.4) is 0 Å². The summed E-state index contributed by atoms with van der Waals surface area (Å²) in [6.45, 7) is 4.50. The van der Waals surface area contributed by atoms with Gasteiger partial charge < -0.3 is 5.11 Å². The van der Waals surface area contributed by atoms with Gasteiger partial charge in [0.25, 0.3) is 0 Å². The molecule has 2 amide bonds. The van der Waals surface area contributed by atoms with Crippen LogP contribution in [-0.2, 0) is 9.59 Å². The molecule has 0 aromatic carbocycles. The maximum absolute atomic E-state index is 12.6. The van der Waals surface area contributed by atoms with E-state index in [2.05, 4.69) is 38.2 Å². The van der Waals surface area contributed by atoms with Crippen molar-refractivity contribution in [3.05, 3.63) is 24.3 Å². The van der Waals surface area contributed by atoms with E-state index in [0.717, 1.165) is 51.4 Å². The molecule has 0 atom stereocenters. The van der Waals surface area contributed by atoms with E-state index in [1.54, 1.807) is 0 Å². The highest BCUT2D eigenvalue weighted by molar-refractivity contribution is 5.95. The summed E-state index contributed by atoms with van der Waals surface area (Å²) in [5.74, 6) is -0.223. The smallest absolute Gasteiger partial charge is 0.229 e. The summed E-state index contributed by atoms with van der Waals surface area (Å²) in [7, 11) is 0. The largest absolute Gasteiger partial charge is 0.395 e. The van der Waals surface area contributed by atoms with Crippen LogP contribution >= 0.6 is 0 Å².